The Morgan fingerprint density at radius 2 is 2.00 bits per heavy atom. The highest BCUT2D eigenvalue weighted by Crippen LogP contribution is 2.37. The SMILES string of the molecule is O=C1Nc2ccccc2C(F)(F)O1. The fourth-order valence-corrected chi connectivity index (χ4v) is 1.15. The largest absolute Gasteiger partial charge is 0.431 e. The molecule has 0 aromatic heterocycles. The molecule has 1 aromatic rings. The molecule has 1 N–H and O–H groups in total. The fraction of sp³-hybridized carbons (Fsp3) is 0.125. The Balaban J connectivity index is 2.56. The molecule has 0 atom stereocenters. The minimum absolute atomic E-state index is 0.0868. The zero-order valence-corrected chi connectivity index (χ0v) is 6.38. The maximum absolute atomic E-state index is 13.0. The van der Waals surface area contributed by atoms with Crippen LogP contribution in [-0.2, 0) is 10.8 Å². The molecule has 0 radical (unpaired) electrons. The monoisotopic (exact) mass is 185 g/mol. The number of anilines is 1. The van der Waals surface area contributed by atoms with E-state index in [2.05, 4.69) is 10.1 Å². The van der Waals surface area contributed by atoms with Crippen molar-refractivity contribution < 1.29 is 18.3 Å². The summed E-state index contributed by atoms with van der Waals surface area (Å²) in [4.78, 5) is 10.6. The third-order valence-corrected chi connectivity index (χ3v) is 1.70. The van der Waals surface area contributed by atoms with E-state index in [1.807, 2.05) is 0 Å². The lowest BCUT2D eigenvalue weighted by Crippen LogP contribution is -2.32. The van der Waals surface area contributed by atoms with Gasteiger partial charge in [0.1, 0.15) is 0 Å². The first-order valence-electron chi connectivity index (χ1n) is 3.57. The number of para-hydroxylation sites is 1. The van der Waals surface area contributed by atoms with E-state index in [0.717, 1.165) is 0 Å². The van der Waals surface area contributed by atoms with Crippen LogP contribution in [0.2, 0.25) is 0 Å². The van der Waals surface area contributed by atoms with Gasteiger partial charge in [-0.25, -0.2) is 4.79 Å². The Morgan fingerprint density at radius 3 is 2.77 bits per heavy atom. The number of nitrogens with one attached hydrogen (secondary N) is 1. The smallest absolute Gasteiger partial charge is 0.380 e. The van der Waals surface area contributed by atoms with E-state index >= 15 is 0 Å². The lowest BCUT2D eigenvalue weighted by molar-refractivity contribution is -0.207. The van der Waals surface area contributed by atoms with Gasteiger partial charge in [-0.1, -0.05) is 12.1 Å². The van der Waals surface area contributed by atoms with Crippen molar-refractivity contribution in [2.75, 3.05) is 5.32 Å². The van der Waals surface area contributed by atoms with Gasteiger partial charge in [-0.2, -0.15) is 8.78 Å². The van der Waals surface area contributed by atoms with Crippen molar-refractivity contribution >= 4 is 11.8 Å². The Bertz CT molecular complexity index is 365. The van der Waals surface area contributed by atoms with Gasteiger partial charge in [-0.05, 0) is 12.1 Å². The van der Waals surface area contributed by atoms with E-state index in [-0.39, 0.29) is 11.3 Å². The van der Waals surface area contributed by atoms with Gasteiger partial charge in [-0.15, -0.1) is 0 Å². The lowest BCUT2D eigenvalue weighted by atomic mass is 10.1. The molecule has 1 amide bonds. The van der Waals surface area contributed by atoms with E-state index in [1.165, 1.54) is 18.2 Å². The molecule has 3 nitrogen and oxygen atoms in total. The van der Waals surface area contributed by atoms with E-state index in [1.54, 1.807) is 6.07 Å². The van der Waals surface area contributed by atoms with Crippen molar-refractivity contribution in [1.82, 2.24) is 0 Å². The molecule has 2 rings (SSSR count). The van der Waals surface area contributed by atoms with Crippen LogP contribution in [0.1, 0.15) is 5.56 Å². The fourth-order valence-electron chi connectivity index (χ4n) is 1.15. The zero-order valence-electron chi connectivity index (χ0n) is 6.38. The first-order chi connectivity index (χ1) is 6.09. The van der Waals surface area contributed by atoms with Crippen molar-refractivity contribution in [3.63, 3.8) is 0 Å². The zero-order chi connectivity index (χ0) is 9.47. The van der Waals surface area contributed by atoms with Crippen LogP contribution in [-0.4, -0.2) is 6.09 Å². The first-order valence-corrected chi connectivity index (χ1v) is 3.57. The summed E-state index contributed by atoms with van der Waals surface area (Å²) in [7, 11) is 0. The Hall–Kier alpha value is -1.65. The van der Waals surface area contributed by atoms with Gasteiger partial charge < -0.3 is 4.74 Å². The van der Waals surface area contributed by atoms with Crippen LogP contribution in [0.4, 0.5) is 19.3 Å². The number of halogens is 2. The molecule has 0 saturated carbocycles. The maximum atomic E-state index is 13.0. The molecule has 1 aliphatic rings. The highest BCUT2D eigenvalue weighted by atomic mass is 19.3. The molecule has 13 heavy (non-hydrogen) atoms. The molecule has 0 aliphatic carbocycles. The minimum Gasteiger partial charge on any atom is -0.380 e. The average Bonchev–Trinajstić information content (AvgIpc) is 2.02. The Morgan fingerprint density at radius 1 is 1.31 bits per heavy atom. The molecular weight excluding hydrogens is 180 g/mol. The molecule has 0 spiro atoms. The van der Waals surface area contributed by atoms with E-state index in [0.29, 0.717) is 0 Å². The first kappa shape index (κ1) is 7.97. The number of hydrogen-bond acceptors (Lipinski definition) is 2. The van der Waals surface area contributed by atoms with E-state index < -0.39 is 12.2 Å². The van der Waals surface area contributed by atoms with Crippen molar-refractivity contribution in [1.29, 1.82) is 0 Å². The number of hydrogen-bond donors (Lipinski definition) is 1. The molecule has 0 bridgehead atoms. The van der Waals surface area contributed by atoms with E-state index in [4.69, 9.17) is 0 Å². The third-order valence-electron chi connectivity index (χ3n) is 1.70. The van der Waals surface area contributed by atoms with Gasteiger partial charge in [0.15, 0.2) is 0 Å². The second-order valence-electron chi connectivity index (χ2n) is 2.58. The molecule has 1 heterocycles. The summed E-state index contributed by atoms with van der Waals surface area (Å²) in [6, 6.07) is 5.60. The summed E-state index contributed by atoms with van der Waals surface area (Å²) >= 11 is 0. The van der Waals surface area contributed by atoms with Gasteiger partial charge in [-0.3, -0.25) is 5.32 Å². The highest BCUT2D eigenvalue weighted by Gasteiger charge is 2.42. The normalized spacial score (nSPS) is 18.5. The lowest BCUT2D eigenvalue weighted by Gasteiger charge is -2.24. The van der Waals surface area contributed by atoms with Crippen molar-refractivity contribution in [3.05, 3.63) is 29.8 Å². The maximum Gasteiger partial charge on any atom is 0.431 e. The second kappa shape index (κ2) is 2.42. The predicted octanol–water partition coefficient (Wildman–Crippen LogP) is 2.30. The van der Waals surface area contributed by atoms with Gasteiger partial charge in [0.25, 0.3) is 0 Å². The molecule has 68 valence electrons. The molecule has 1 aromatic carbocycles. The topological polar surface area (TPSA) is 38.3 Å². The summed E-state index contributed by atoms with van der Waals surface area (Å²) < 4.78 is 29.7. The number of fused-ring (bicyclic) bond motifs is 1. The molecule has 0 fully saturated rings. The summed E-state index contributed by atoms with van der Waals surface area (Å²) in [5.41, 5.74) is -0.238. The van der Waals surface area contributed by atoms with Gasteiger partial charge in [0.05, 0.1) is 11.3 Å². The number of benzene rings is 1. The summed E-state index contributed by atoms with van der Waals surface area (Å²) in [5, 5.41) is 2.17. The number of carbonyl (C=O) groups is 1. The van der Waals surface area contributed by atoms with Crippen LogP contribution >= 0.6 is 0 Å². The van der Waals surface area contributed by atoms with Gasteiger partial charge in [0.2, 0.25) is 0 Å². The van der Waals surface area contributed by atoms with Crippen LogP contribution in [0, 0.1) is 0 Å². The average molecular weight is 185 g/mol. The minimum atomic E-state index is -3.53. The quantitative estimate of drug-likeness (QED) is 0.673. The van der Waals surface area contributed by atoms with Crippen LogP contribution in [0.5, 0.6) is 0 Å². The number of amides is 1. The molecule has 0 saturated heterocycles. The number of rotatable bonds is 0. The van der Waals surface area contributed by atoms with Crippen molar-refractivity contribution in [3.8, 4) is 0 Å². The van der Waals surface area contributed by atoms with Crippen LogP contribution < -0.4 is 5.32 Å². The van der Waals surface area contributed by atoms with E-state index in [9.17, 15) is 13.6 Å². The summed E-state index contributed by atoms with van der Waals surface area (Å²) in [6.07, 6.45) is -4.66. The Labute approximate surface area is 72.3 Å². The highest BCUT2D eigenvalue weighted by molar-refractivity contribution is 5.88. The summed E-state index contributed by atoms with van der Waals surface area (Å²) in [5.74, 6) is 0. The standard InChI is InChI=1S/C8H5F2NO2/c9-8(10)5-3-1-2-4-6(5)11-7(12)13-8/h1-4H,(H,11,12). The number of carbonyl (C=O) groups excluding carboxylic acids is 1. The molecular formula is C8H5F2NO2. The number of alkyl halides is 2. The van der Waals surface area contributed by atoms with Gasteiger partial charge in [0, 0.05) is 0 Å². The number of cyclic esters (lactones) is 1. The van der Waals surface area contributed by atoms with Crippen LogP contribution in [0.25, 0.3) is 0 Å². The van der Waals surface area contributed by atoms with Crippen molar-refractivity contribution in [2.45, 2.75) is 6.11 Å². The second-order valence-corrected chi connectivity index (χ2v) is 2.58. The molecule has 1 aliphatic heterocycles. The Kier molecular flexibility index (Phi) is 1.48. The molecule has 0 unspecified atom stereocenters. The summed E-state index contributed by atoms with van der Waals surface area (Å²) in [6.45, 7) is 0. The van der Waals surface area contributed by atoms with Crippen LogP contribution in [0.15, 0.2) is 24.3 Å². The number of ether oxygens (including phenoxy) is 1. The molecule has 5 heteroatoms. The van der Waals surface area contributed by atoms with Crippen LogP contribution in [0.3, 0.4) is 0 Å². The van der Waals surface area contributed by atoms with Gasteiger partial charge >= 0.3 is 12.2 Å². The third kappa shape index (κ3) is 1.22. The predicted molar refractivity (Wildman–Crippen MR) is 40.4 cm³/mol. The van der Waals surface area contributed by atoms with Crippen molar-refractivity contribution in [2.24, 2.45) is 0 Å².